The second kappa shape index (κ2) is 8.53. The molecule has 1 saturated heterocycles. The van der Waals surface area contributed by atoms with Crippen molar-refractivity contribution in [3.63, 3.8) is 0 Å². The highest BCUT2D eigenvalue weighted by atomic mass is 16.2. The molecular formula is C24H27N5O. The number of amides is 2. The average Bonchev–Trinajstić information content (AvgIpc) is 3.16. The molecule has 2 atom stereocenters. The summed E-state index contributed by atoms with van der Waals surface area (Å²) in [6.45, 7) is 6.93. The van der Waals surface area contributed by atoms with E-state index in [1.807, 2.05) is 18.2 Å². The van der Waals surface area contributed by atoms with Crippen LogP contribution in [0.5, 0.6) is 0 Å². The zero-order valence-corrected chi connectivity index (χ0v) is 17.5. The van der Waals surface area contributed by atoms with Crippen LogP contribution in [-0.2, 0) is 0 Å². The Morgan fingerprint density at radius 2 is 1.70 bits per heavy atom. The molecule has 1 fully saturated rings. The van der Waals surface area contributed by atoms with Gasteiger partial charge in [0.25, 0.3) is 0 Å². The lowest BCUT2D eigenvalue weighted by Crippen LogP contribution is -2.38. The van der Waals surface area contributed by atoms with Crippen LogP contribution in [0.4, 0.5) is 16.6 Å². The largest absolute Gasteiger partial charge is 0.348 e. The van der Waals surface area contributed by atoms with Crippen molar-refractivity contribution >= 4 is 17.8 Å². The van der Waals surface area contributed by atoms with Crippen LogP contribution in [0.15, 0.2) is 66.9 Å². The molecule has 0 saturated carbocycles. The summed E-state index contributed by atoms with van der Waals surface area (Å²) in [7, 11) is 0. The average molecular weight is 402 g/mol. The van der Waals surface area contributed by atoms with Crippen molar-refractivity contribution in [3.8, 4) is 11.1 Å². The fourth-order valence-corrected chi connectivity index (χ4v) is 3.75. The maximum atomic E-state index is 12.3. The SMILES string of the molecule is CC(Nc1nccc(N2C(=O)NCC2C(C)C)n1)c1ccc(-c2ccccc2)cc1. The molecule has 0 spiro atoms. The van der Waals surface area contributed by atoms with E-state index in [9.17, 15) is 4.79 Å². The smallest absolute Gasteiger partial charge is 0.323 e. The monoisotopic (exact) mass is 401 g/mol. The topological polar surface area (TPSA) is 70.2 Å². The predicted octanol–water partition coefficient (Wildman–Crippen LogP) is 4.87. The summed E-state index contributed by atoms with van der Waals surface area (Å²) < 4.78 is 0. The fraction of sp³-hybridized carbons (Fsp3) is 0.292. The van der Waals surface area contributed by atoms with Gasteiger partial charge in [-0.05, 0) is 35.6 Å². The highest BCUT2D eigenvalue weighted by Crippen LogP contribution is 2.26. The van der Waals surface area contributed by atoms with Crippen LogP contribution in [0.1, 0.15) is 32.4 Å². The van der Waals surface area contributed by atoms with Gasteiger partial charge in [0, 0.05) is 12.7 Å². The van der Waals surface area contributed by atoms with Crippen molar-refractivity contribution in [2.24, 2.45) is 5.92 Å². The molecule has 0 radical (unpaired) electrons. The molecule has 2 heterocycles. The first-order valence-electron chi connectivity index (χ1n) is 10.3. The number of benzene rings is 2. The molecule has 2 amide bonds. The van der Waals surface area contributed by atoms with Crippen molar-refractivity contribution < 1.29 is 4.79 Å². The molecular weight excluding hydrogens is 374 g/mol. The van der Waals surface area contributed by atoms with Crippen molar-refractivity contribution in [1.29, 1.82) is 0 Å². The lowest BCUT2D eigenvalue weighted by Gasteiger charge is -2.25. The Labute approximate surface area is 177 Å². The van der Waals surface area contributed by atoms with E-state index in [1.165, 1.54) is 11.1 Å². The summed E-state index contributed by atoms with van der Waals surface area (Å²) in [4.78, 5) is 23.0. The van der Waals surface area contributed by atoms with Gasteiger partial charge in [-0.25, -0.2) is 9.78 Å². The van der Waals surface area contributed by atoms with E-state index in [1.54, 1.807) is 17.2 Å². The van der Waals surface area contributed by atoms with E-state index in [2.05, 4.69) is 77.8 Å². The van der Waals surface area contributed by atoms with Gasteiger partial charge >= 0.3 is 6.03 Å². The molecule has 0 aliphatic carbocycles. The molecule has 6 nitrogen and oxygen atoms in total. The van der Waals surface area contributed by atoms with Gasteiger partial charge in [-0.2, -0.15) is 4.98 Å². The molecule has 6 heteroatoms. The van der Waals surface area contributed by atoms with Gasteiger partial charge in [0.2, 0.25) is 5.95 Å². The highest BCUT2D eigenvalue weighted by Gasteiger charge is 2.34. The summed E-state index contributed by atoms with van der Waals surface area (Å²) in [5.74, 6) is 1.46. The van der Waals surface area contributed by atoms with E-state index in [-0.39, 0.29) is 18.1 Å². The molecule has 3 aromatic rings. The number of rotatable bonds is 6. The number of urea groups is 1. The van der Waals surface area contributed by atoms with Crippen LogP contribution in [0.3, 0.4) is 0 Å². The highest BCUT2D eigenvalue weighted by molar-refractivity contribution is 5.94. The summed E-state index contributed by atoms with van der Waals surface area (Å²) in [5, 5.41) is 6.27. The van der Waals surface area contributed by atoms with Gasteiger partial charge in [-0.3, -0.25) is 4.90 Å². The van der Waals surface area contributed by atoms with Crippen molar-refractivity contribution in [1.82, 2.24) is 15.3 Å². The minimum absolute atomic E-state index is 0.0263. The van der Waals surface area contributed by atoms with Crippen molar-refractivity contribution in [2.75, 3.05) is 16.8 Å². The number of aromatic nitrogens is 2. The maximum Gasteiger partial charge on any atom is 0.323 e. The molecule has 1 aliphatic heterocycles. The Balaban J connectivity index is 1.49. The van der Waals surface area contributed by atoms with E-state index in [0.29, 0.717) is 24.2 Å². The number of anilines is 2. The molecule has 0 bridgehead atoms. The number of hydrogen-bond donors (Lipinski definition) is 2. The van der Waals surface area contributed by atoms with Gasteiger partial charge in [0.1, 0.15) is 5.82 Å². The third-order valence-corrected chi connectivity index (χ3v) is 5.53. The van der Waals surface area contributed by atoms with Gasteiger partial charge in [0.15, 0.2) is 0 Å². The van der Waals surface area contributed by atoms with Crippen molar-refractivity contribution in [3.05, 3.63) is 72.4 Å². The molecule has 1 aliphatic rings. The number of hydrogen-bond acceptors (Lipinski definition) is 4. The number of nitrogens with zero attached hydrogens (tertiary/aromatic N) is 3. The number of carbonyl (C=O) groups is 1. The van der Waals surface area contributed by atoms with E-state index in [0.717, 1.165) is 5.56 Å². The zero-order valence-electron chi connectivity index (χ0n) is 17.5. The second-order valence-electron chi connectivity index (χ2n) is 7.96. The molecule has 30 heavy (non-hydrogen) atoms. The fourth-order valence-electron chi connectivity index (χ4n) is 3.75. The Hall–Kier alpha value is -3.41. The van der Waals surface area contributed by atoms with Crippen molar-refractivity contribution in [2.45, 2.75) is 32.9 Å². The van der Waals surface area contributed by atoms with Crippen LogP contribution in [-0.4, -0.2) is 28.6 Å². The molecule has 1 aromatic heterocycles. The Bertz CT molecular complexity index is 1000. The third-order valence-electron chi connectivity index (χ3n) is 5.53. The lowest BCUT2D eigenvalue weighted by atomic mass is 10.0. The van der Waals surface area contributed by atoms with Crippen LogP contribution < -0.4 is 15.5 Å². The van der Waals surface area contributed by atoms with Crippen LogP contribution in [0, 0.1) is 5.92 Å². The summed E-state index contributed by atoms with van der Waals surface area (Å²) in [5.41, 5.74) is 3.52. The Kier molecular flexibility index (Phi) is 5.65. The molecule has 2 unspecified atom stereocenters. The minimum atomic E-state index is -0.108. The molecule has 154 valence electrons. The normalized spacial score (nSPS) is 17.1. The Morgan fingerprint density at radius 3 is 2.40 bits per heavy atom. The summed E-state index contributed by atoms with van der Waals surface area (Å²) in [6, 6.07) is 20.6. The zero-order chi connectivity index (χ0) is 21.1. The first kappa shape index (κ1) is 19.9. The number of carbonyl (C=O) groups excluding carboxylic acids is 1. The van der Waals surface area contributed by atoms with Gasteiger partial charge < -0.3 is 10.6 Å². The lowest BCUT2D eigenvalue weighted by molar-refractivity contribution is 0.251. The van der Waals surface area contributed by atoms with Gasteiger partial charge in [-0.1, -0.05) is 68.4 Å². The standard InChI is InChI=1S/C24H27N5O/c1-16(2)21-15-26-24(30)29(21)22-13-14-25-23(28-22)27-17(3)18-9-11-20(12-10-18)19-7-5-4-6-8-19/h4-14,16-17,21H,15H2,1-3H3,(H,26,30)(H,25,27,28). The first-order chi connectivity index (χ1) is 14.5. The number of nitrogens with one attached hydrogen (secondary N) is 2. The predicted molar refractivity (Wildman–Crippen MR) is 120 cm³/mol. The van der Waals surface area contributed by atoms with Crippen LogP contribution in [0.25, 0.3) is 11.1 Å². The van der Waals surface area contributed by atoms with Gasteiger partial charge in [-0.15, -0.1) is 0 Å². The maximum absolute atomic E-state index is 12.3. The minimum Gasteiger partial charge on any atom is -0.348 e. The quantitative estimate of drug-likeness (QED) is 0.618. The van der Waals surface area contributed by atoms with E-state index < -0.39 is 0 Å². The van der Waals surface area contributed by atoms with Crippen LogP contribution >= 0.6 is 0 Å². The first-order valence-corrected chi connectivity index (χ1v) is 10.3. The molecule has 2 aromatic carbocycles. The Morgan fingerprint density at radius 1 is 1.00 bits per heavy atom. The third kappa shape index (κ3) is 4.13. The van der Waals surface area contributed by atoms with Gasteiger partial charge in [0.05, 0.1) is 12.1 Å². The van der Waals surface area contributed by atoms with E-state index >= 15 is 0 Å². The summed E-state index contributed by atoms with van der Waals surface area (Å²) in [6.07, 6.45) is 1.69. The molecule has 2 N–H and O–H groups in total. The molecule has 4 rings (SSSR count). The second-order valence-corrected chi connectivity index (χ2v) is 7.96. The van der Waals surface area contributed by atoms with E-state index in [4.69, 9.17) is 0 Å². The summed E-state index contributed by atoms with van der Waals surface area (Å²) >= 11 is 0. The van der Waals surface area contributed by atoms with Crippen LogP contribution in [0.2, 0.25) is 0 Å².